The van der Waals surface area contributed by atoms with Crippen LogP contribution in [0.2, 0.25) is 0 Å². The number of likely N-dealkylation sites (tertiary alicyclic amines) is 2. The Morgan fingerprint density at radius 2 is 1.94 bits per heavy atom. The van der Waals surface area contributed by atoms with Gasteiger partial charge in [-0.2, -0.15) is 0 Å². The van der Waals surface area contributed by atoms with Gasteiger partial charge in [-0.25, -0.2) is 4.79 Å². The van der Waals surface area contributed by atoms with Crippen molar-refractivity contribution in [3.05, 3.63) is 58.1 Å². The molecule has 9 heteroatoms. The van der Waals surface area contributed by atoms with E-state index in [1.54, 1.807) is 28.9 Å². The quantitative estimate of drug-likeness (QED) is 0.444. The summed E-state index contributed by atoms with van der Waals surface area (Å²) in [6.07, 6.45) is 3.74. The Hall–Kier alpha value is -3.20. The van der Waals surface area contributed by atoms with Gasteiger partial charge < -0.3 is 19.6 Å². The fraction of sp³-hybridized carbons (Fsp3) is 0.364. The smallest absolute Gasteiger partial charge is 0.409 e. The third-order valence-corrected chi connectivity index (χ3v) is 6.56. The van der Waals surface area contributed by atoms with E-state index in [2.05, 4.69) is 4.98 Å². The number of piperidine rings is 1. The fourth-order valence-electron chi connectivity index (χ4n) is 4.16. The molecule has 0 bridgehead atoms. The lowest BCUT2D eigenvalue weighted by atomic mass is 9.98. The predicted molar refractivity (Wildman–Crippen MR) is 114 cm³/mol. The molecule has 2 fully saturated rings. The molecular weight excluding hydrogens is 418 g/mol. The Labute approximate surface area is 183 Å². The highest BCUT2D eigenvalue weighted by atomic mass is 32.1. The van der Waals surface area contributed by atoms with E-state index in [4.69, 9.17) is 4.74 Å². The highest BCUT2D eigenvalue weighted by Gasteiger charge is 2.49. The van der Waals surface area contributed by atoms with Crippen LogP contribution >= 0.6 is 11.3 Å². The summed E-state index contributed by atoms with van der Waals surface area (Å²) in [5.41, 5.74) is 0.526. The number of amides is 2. The number of aliphatic hydroxyl groups is 1. The summed E-state index contributed by atoms with van der Waals surface area (Å²) in [6.45, 7) is 2.94. The lowest BCUT2D eigenvalue weighted by Crippen LogP contribution is -2.48. The van der Waals surface area contributed by atoms with Gasteiger partial charge in [0.15, 0.2) is 0 Å². The number of ketones is 1. The first-order valence-corrected chi connectivity index (χ1v) is 11.1. The van der Waals surface area contributed by atoms with Crippen LogP contribution in [0.4, 0.5) is 4.79 Å². The van der Waals surface area contributed by atoms with Gasteiger partial charge in [-0.05, 0) is 43.3 Å². The molecule has 31 heavy (non-hydrogen) atoms. The molecule has 1 N–H and O–H groups in total. The Bertz CT molecular complexity index is 997. The van der Waals surface area contributed by atoms with Crippen LogP contribution in [0.1, 0.15) is 36.2 Å². The molecule has 1 unspecified atom stereocenters. The lowest BCUT2D eigenvalue weighted by molar-refractivity contribution is -0.142. The molecule has 2 aliphatic rings. The molecule has 4 rings (SSSR count). The number of pyridine rings is 1. The van der Waals surface area contributed by atoms with Crippen molar-refractivity contribution in [2.45, 2.75) is 31.8 Å². The molecule has 0 saturated carbocycles. The van der Waals surface area contributed by atoms with Crippen molar-refractivity contribution in [3.8, 4) is 0 Å². The monoisotopic (exact) mass is 441 g/mol. The van der Waals surface area contributed by atoms with Gasteiger partial charge in [0.2, 0.25) is 0 Å². The highest BCUT2D eigenvalue weighted by molar-refractivity contribution is 7.10. The lowest BCUT2D eigenvalue weighted by Gasteiger charge is -2.38. The van der Waals surface area contributed by atoms with E-state index in [0.717, 1.165) is 4.88 Å². The SMILES string of the molecule is CCOC(=O)N1CCC(N2C(=O)C(=O)/C(=C(\O)c3ccncc3)C2c2cccs2)CC1. The third-order valence-electron chi connectivity index (χ3n) is 5.63. The zero-order valence-electron chi connectivity index (χ0n) is 17.1. The van der Waals surface area contributed by atoms with Gasteiger partial charge in [0.1, 0.15) is 5.76 Å². The maximum atomic E-state index is 13.1. The maximum Gasteiger partial charge on any atom is 0.409 e. The third kappa shape index (κ3) is 3.93. The van der Waals surface area contributed by atoms with Gasteiger partial charge in [-0.15, -0.1) is 11.3 Å². The number of carbonyl (C=O) groups is 3. The maximum absolute atomic E-state index is 13.1. The molecule has 0 spiro atoms. The summed E-state index contributed by atoms with van der Waals surface area (Å²) in [7, 11) is 0. The minimum absolute atomic E-state index is 0.0893. The minimum Gasteiger partial charge on any atom is -0.507 e. The van der Waals surface area contributed by atoms with E-state index in [0.29, 0.717) is 38.1 Å². The first-order valence-electron chi connectivity index (χ1n) is 10.2. The first kappa shape index (κ1) is 21.0. The largest absolute Gasteiger partial charge is 0.507 e. The first-order chi connectivity index (χ1) is 15.0. The number of rotatable bonds is 4. The molecule has 2 saturated heterocycles. The summed E-state index contributed by atoms with van der Waals surface area (Å²) >= 11 is 1.43. The number of Topliss-reactive ketones (excluding diaryl/α,β-unsaturated/α-hetero) is 1. The average Bonchev–Trinajstić information content (AvgIpc) is 3.41. The molecule has 4 heterocycles. The number of nitrogens with zero attached hydrogens (tertiary/aromatic N) is 3. The van der Waals surface area contributed by atoms with E-state index in [1.165, 1.54) is 23.7 Å². The fourth-order valence-corrected chi connectivity index (χ4v) is 4.99. The molecular formula is C22H23N3O5S. The van der Waals surface area contributed by atoms with Crippen molar-refractivity contribution >= 4 is 34.9 Å². The van der Waals surface area contributed by atoms with Crippen molar-refractivity contribution in [1.82, 2.24) is 14.8 Å². The highest BCUT2D eigenvalue weighted by Crippen LogP contribution is 2.43. The Morgan fingerprint density at radius 1 is 1.23 bits per heavy atom. The van der Waals surface area contributed by atoms with E-state index in [9.17, 15) is 19.5 Å². The van der Waals surface area contributed by atoms with Crippen LogP contribution in [0.25, 0.3) is 5.76 Å². The van der Waals surface area contributed by atoms with Crippen molar-refractivity contribution in [2.24, 2.45) is 0 Å². The van der Waals surface area contributed by atoms with Crippen molar-refractivity contribution < 1.29 is 24.2 Å². The summed E-state index contributed by atoms with van der Waals surface area (Å²) in [6, 6.07) is 6.04. The van der Waals surface area contributed by atoms with Gasteiger partial charge in [0, 0.05) is 42.0 Å². The molecule has 2 aromatic heterocycles. The van der Waals surface area contributed by atoms with E-state index in [-0.39, 0.29) is 23.5 Å². The van der Waals surface area contributed by atoms with E-state index < -0.39 is 17.7 Å². The summed E-state index contributed by atoms with van der Waals surface area (Å²) < 4.78 is 5.07. The van der Waals surface area contributed by atoms with Crippen molar-refractivity contribution in [1.29, 1.82) is 0 Å². The molecule has 2 amide bonds. The number of ether oxygens (including phenoxy) is 1. The van der Waals surface area contributed by atoms with Gasteiger partial charge in [-0.1, -0.05) is 6.07 Å². The number of aromatic nitrogens is 1. The standard InChI is InChI=1S/C22H23N3O5S/c1-2-30-22(29)24-11-7-15(8-12-24)25-18(16-4-3-13-31-16)17(20(27)21(25)28)19(26)14-5-9-23-10-6-14/h3-6,9-10,13,15,18,26H,2,7-8,11-12H2,1H3/b19-17-. The number of hydrogen-bond acceptors (Lipinski definition) is 7. The van der Waals surface area contributed by atoms with Crippen LogP contribution in [0, 0.1) is 0 Å². The average molecular weight is 442 g/mol. The molecule has 8 nitrogen and oxygen atoms in total. The van der Waals surface area contributed by atoms with Crippen LogP contribution < -0.4 is 0 Å². The Morgan fingerprint density at radius 3 is 2.55 bits per heavy atom. The molecule has 1 atom stereocenters. The molecule has 0 radical (unpaired) electrons. The van der Waals surface area contributed by atoms with Crippen LogP contribution in [0.3, 0.4) is 0 Å². The van der Waals surface area contributed by atoms with E-state index in [1.807, 2.05) is 17.5 Å². The van der Waals surface area contributed by atoms with E-state index >= 15 is 0 Å². The van der Waals surface area contributed by atoms with Gasteiger partial charge in [0.05, 0.1) is 18.2 Å². The summed E-state index contributed by atoms with van der Waals surface area (Å²) in [4.78, 5) is 46.1. The van der Waals surface area contributed by atoms with Crippen LogP contribution in [-0.4, -0.2) is 63.4 Å². The minimum atomic E-state index is -0.694. The van der Waals surface area contributed by atoms with Crippen LogP contribution in [-0.2, 0) is 14.3 Å². The zero-order chi connectivity index (χ0) is 22.0. The van der Waals surface area contributed by atoms with Crippen LogP contribution in [0.5, 0.6) is 0 Å². The molecule has 162 valence electrons. The summed E-state index contributed by atoms with van der Waals surface area (Å²) in [5, 5.41) is 12.8. The number of aliphatic hydroxyl groups excluding tert-OH is 1. The molecule has 2 aromatic rings. The van der Waals surface area contributed by atoms with Crippen molar-refractivity contribution in [2.75, 3.05) is 19.7 Å². The molecule has 2 aliphatic heterocycles. The number of hydrogen-bond donors (Lipinski definition) is 1. The topological polar surface area (TPSA) is 100 Å². The second kappa shape index (κ2) is 8.89. The number of carbonyl (C=O) groups excluding carboxylic acids is 3. The van der Waals surface area contributed by atoms with Crippen LogP contribution in [0.15, 0.2) is 47.6 Å². The van der Waals surface area contributed by atoms with Gasteiger partial charge >= 0.3 is 6.09 Å². The number of thiophene rings is 1. The second-order valence-electron chi connectivity index (χ2n) is 7.37. The Balaban J connectivity index is 1.68. The summed E-state index contributed by atoms with van der Waals surface area (Å²) in [5.74, 6) is -1.52. The second-order valence-corrected chi connectivity index (χ2v) is 8.35. The van der Waals surface area contributed by atoms with Gasteiger partial charge in [-0.3, -0.25) is 14.6 Å². The molecule has 0 aliphatic carbocycles. The van der Waals surface area contributed by atoms with Crippen molar-refractivity contribution in [3.63, 3.8) is 0 Å². The normalized spacial score (nSPS) is 21.5. The van der Waals surface area contributed by atoms with Gasteiger partial charge in [0.25, 0.3) is 11.7 Å². The zero-order valence-corrected chi connectivity index (χ0v) is 17.9. The Kier molecular flexibility index (Phi) is 6.03. The predicted octanol–water partition coefficient (Wildman–Crippen LogP) is 3.19. The molecule has 0 aromatic carbocycles.